The predicted molar refractivity (Wildman–Crippen MR) is 132 cm³/mol. The van der Waals surface area contributed by atoms with E-state index < -0.39 is 5.97 Å². The Bertz CT molecular complexity index is 1130. The smallest absolute Gasteiger partial charge is 0.340 e. The Labute approximate surface area is 203 Å². The van der Waals surface area contributed by atoms with Gasteiger partial charge in [0.25, 0.3) is 0 Å². The largest absolute Gasteiger partial charge is 0.462 e. The van der Waals surface area contributed by atoms with Crippen LogP contribution in [-0.2, 0) is 9.53 Å². The summed E-state index contributed by atoms with van der Waals surface area (Å²) < 4.78 is 7.28. The lowest BCUT2D eigenvalue weighted by molar-refractivity contribution is -0.113. The molecular formula is C25H29N5O3S. The number of rotatable bonds is 8. The van der Waals surface area contributed by atoms with Crippen molar-refractivity contribution >= 4 is 29.3 Å². The third kappa shape index (κ3) is 5.47. The third-order valence-corrected chi connectivity index (χ3v) is 6.95. The van der Waals surface area contributed by atoms with Crippen LogP contribution in [0.15, 0.2) is 53.9 Å². The summed E-state index contributed by atoms with van der Waals surface area (Å²) in [5.74, 6) is 0.727. The van der Waals surface area contributed by atoms with Gasteiger partial charge in [-0.05, 0) is 49.9 Å². The van der Waals surface area contributed by atoms with Gasteiger partial charge in [0.1, 0.15) is 0 Å². The summed E-state index contributed by atoms with van der Waals surface area (Å²) in [6, 6.07) is 11.0. The summed E-state index contributed by atoms with van der Waals surface area (Å²) in [6.07, 6.45) is 8.13. The number of pyridine rings is 1. The molecular weight excluding hydrogens is 450 g/mol. The number of para-hydroxylation sites is 1. The molecule has 2 heterocycles. The van der Waals surface area contributed by atoms with Crippen LogP contribution in [0.25, 0.3) is 11.4 Å². The van der Waals surface area contributed by atoms with Gasteiger partial charge < -0.3 is 10.1 Å². The molecule has 0 spiro atoms. The molecule has 1 fully saturated rings. The Hall–Kier alpha value is -3.20. The van der Waals surface area contributed by atoms with Gasteiger partial charge in [-0.1, -0.05) is 43.7 Å². The van der Waals surface area contributed by atoms with Gasteiger partial charge in [-0.25, -0.2) is 4.79 Å². The van der Waals surface area contributed by atoms with Crippen LogP contribution in [-0.4, -0.2) is 44.0 Å². The quantitative estimate of drug-likeness (QED) is 0.359. The molecule has 9 heteroatoms. The van der Waals surface area contributed by atoms with E-state index in [9.17, 15) is 9.59 Å². The van der Waals surface area contributed by atoms with Crippen LogP contribution in [0.4, 0.5) is 5.69 Å². The molecule has 34 heavy (non-hydrogen) atoms. The zero-order chi connectivity index (χ0) is 23.9. The molecule has 2 unspecified atom stereocenters. The summed E-state index contributed by atoms with van der Waals surface area (Å²) in [4.78, 5) is 29.2. The molecule has 0 radical (unpaired) electrons. The SMILES string of the molecule is CCOC(=O)c1ccccc1NC(=O)CSc1nnc(-c2cccnc2)n1C1CCCCC1C. The van der Waals surface area contributed by atoms with Crippen molar-refractivity contribution in [1.82, 2.24) is 19.7 Å². The first-order valence-electron chi connectivity index (χ1n) is 11.6. The average Bonchev–Trinajstić information content (AvgIpc) is 3.28. The van der Waals surface area contributed by atoms with Crippen molar-refractivity contribution < 1.29 is 14.3 Å². The van der Waals surface area contributed by atoms with E-state index in [0.717, 1.165) is 30.7 Å². The van der Waals surface area contributed by atoms with Gasteiger partial charge in [-0.2, -0.15) is 0 Å². The highest BCUT2D eigenvalue weighted by molar-refractivity contribution is 7.99. The number of carbonyl (C=O) groups is 2. The summed E-state index contributed by atoms with van der Waals surface area (Å²) in [6.45, 7) is 4.29. The summed E-state index contributed by atoms with van der Waals surface area (Å²) in [5, 5.41) is 12.5. The van der Waals surface area contributed by atoms with Crippen LogP contribution in [0.3, 0.4) is 0 Å². The number of nitrogens with one attached hydrogen (secondary N) is 1. The molecule has 1 saturated carbocycles. The van der Waals surface area contributed by atoms with E-state index in [1.165, 1.54) is 18.2 Å². The maximum absolute atomic E-state index is 12.8. The number of ether oxygens (including phenoxy) is 1. The van der Waals surface area contributed by atoms with E-state index in [1.807, 2.05) is 12.1 Å². The molecule has 2 aromatic heterocycles. The number of nitrogens with zero attached hydrogens (tertiary/aromatic N) is 4. The number of thioether (sulfide) groups is 1. The average molecular weight is 480 g/mol. The number of benzene rings is 1. The summed E-state index contributed by atoms with van der Waals surface area (Å²) >= 11 is 1.35. The van der Waals surface area contributed by atoms with Crippen LogP contribution >= 0.6 is 11.8 Å². The zero-order valence-electron chi connectivity index (χ0n) is 19.4. The second kappa shape index (κ2) is 11.3. The molecule has 0 aliphatic heterocycles. The lowest BCUT2D eigenvalue weighted by atomic mass is 9.85. The molecule has 0 bridgehead atoms. The first-order valence-corrected chi connectivity index (χ1v) is 12.6. The highest BCUT2D eigenvalue weighted by Gasteiger charge is 2.29. The molecule has 0 saturated heterocycles. The summed E-state index contributed by atoms with van der Waals surface area (Å²) in [5.41, 5.74) is 1.68. The Balaban J connectivity index is 1.53. The highest BCUT2D eigenvalue weighted by Crippen LogP contribution is 2.38. The zero-order valence-corrected chi connectivity index (χ0v) is 20.3. The maximum Gasteiger partial charge on any atom is 0.340 e. The van der Waals surface area contributed by atoms with Crippen molar-refractivity contribution in [2.45, 2.75) is 50.7 Å². The van der Waals surface area contributed by atoms with Crippen molar-refractivity contribution in [2.24, 2.45) is 5.92 Å². The lowest BCUT2D eigenvalue weighted by Gasteiger charge is -2.31. The van der Waals surface area contributed by atoms with Crippen molar-refractivity contribution in [2.75, 3.05) is 17.7 Å². The first kappa shape index (κ1) is 23.9. The minimum Gasteiger partial charge on any atom is -0.462 e. The van der Waals surface area contributed by atoms with Crippen molar-refractivity contribution in [3.05, 3.63) is 54.4 Å². The van der Waals surface area contributed by atoms with Gasteiger partial charge in [0.2, 0.25) is 5.91 Å². The fraction of sp³-hybridized carbons (Fsp3) is 0.400. The molecule has 1 N–H and O–H groups in total. The van der Waals surface area contributed by atoms with Gasteiger partial charge in [0.05, 0.1) is 23.6 Å². The van der Waals surface area contributed by atoms with Crippen LogP contribution < -0.4 is 5.32 Å². The van der Waals surface area contributed by atoms with Crippen LogP contribution in [0.2, 0.25) is 0 Å². The monoisotopic (exact) mass is 479 g/mol. The number of hydrogen-bond acceptors (Lipinski definition) is 7. The van der Waals surface area contributed by atoms with E-state index in [2.05, 4.69) is 32.0 Å². The molecule has 3 aromatic rings. The van der Waals surface area contributed by atoms with E-state index in [0.29, 0.717) is 22.3 Å². The molecule has 1 amide bonds. The standard InChI is InChI=1S/C25H29N5O3S/c1-3-33-24(32)19-11-5-6-12-20(19)27-22(31)16-34-25-29-28-23(18-10-8-14-26-15-18)30(25)21-13-7-4-9-17(21)2/h5-6,8,10-12,14-15,17,21H,3-4,7,9,13,16H2,1-2H3,(H,27,31). The van der Waals surface area contributed by atoms with Crippen LogP contribution in [0.1, 0.15) is 55.9 Å². The second-order valence-corrected chi connectivity index (χ2v) is 9.29. The fourth-order valence-corrected chi connectivity index (χ4v) is 5.13. The molecule has 8 nitrogen and oxygen atoms in total. The fourth-order valence-electron chi connectivity index (χ4n) is 4.34. The van der Waals surface area contributed by atoms with E-state index in [4.69, 9.17) is 4.74 Å². The second-order valence-electron chi connectivity index (χ2n) is 8.35. The van der Waals surface area contributed by atoms with Gasteiger partial charge in [-0.15, -0.1) is 10.2 Å². The number of amides is 1. The van der Waals surface area contributed by atoms with Crippen LogP contribution in [0.5, 0.6) is 0 Å². The van der Waals surface area contributed by atoms with Crippen molar-refractivity contribution in [1.29, 1.82) is 0 Å². The summed E-state index contributed by atoms with van der Waals surface area (Å²) in [7, 11) is 0. The Morgan fingerprint density at radius 2 is 1.97 bits per heavy atom. The number of esters is 1. The maximum atomic E-state index is 12.8. The molecule has 178 valence electrons. The van der Waals surface area contributed by atoms with Crippen molar-refractivity contribution in [3.8, 4) is 11.4 Å². The van der Waals surface area contributed by atoms with Crippen molar-refractivity contribution in [3.63, 3.8) is 0 Å². The minimum absolute atomic E-state index is 0.142. The van der Waals surface area contributed by atoms with E-state index >= 15 is 0 Å². The van der Waals surface area contributed by atoms with E-state index in [-0.39, 0.29) is 24.3 Å². The third-order valence-electron chi connectivity index (χ3n) is 6.01. The molecule has 2 atom stereocenters. The Kier molecular flexibility index (Phi) is 7.95. The first-order chi connectivity index (χ1) is 16.6. The number of hydrogen-bond donors (Lipinski definition) is 1. The highest BCUT2D eigenvalue weighted by atomic mass is 32.2. The van der Waals surface area contributed by atoms with Gasteiger partial charge in [-0.3, -0.25) is 14.3 Å². The van der Waals surface area contributed by atoms with Gasteiger partial charge >= 0.3 is 5.97 Å². The molecule has 1 aliphatic carbocycles. The predicted octanol–water partition coefficient (Wildman–Crippen LogP) is 5.00. The Morgan fingerprint density at radius 3 is 2.74 bits per heavy atom. The normalized spacial score (nSPS) is 17.8. The lowest BCUT2D eigenvalue weighted by Crippen LogP contribution is -2.23. The molecule has 1 aliphatic rings. The molecule has 1 aromatic carbocycles. The van der Waals surface area contributed by atoms with Crippen LogP contribution in [0, 0.1) is 5.92 Å². The van der Waals surface area contributed by atoms with Gasteiger partial charge in [0.15, 0.2) is 11.0 Å². The number of aromatic nitrogens is 4. The Morgan fingerprint density at radius 1 is 1.15 bits per heavy atom. The minimum atomic E-state index is -0.460. The number of anilines is 1. The molecule has 4 rings (SSSR count). The van der Waals surface area contributed by atoms with Gasteiger partial charge in [0, 0.05) is 24.0 Å². The topological polar surface area (TPSA) is 99.0 Å². The van der Waals surface area contributed by atoms with E-state index in [1.54, 1.807) is 43.6 Å². The number of carbonyl (C=O) groups excluding carboxylic acids is 2.